The first-order valence-corrected chi connectivity index (χ1v) is 11.1. The summed E-state index contributed by atoms with van der Waals surface area (Å²) in [6, 6.07) is 11.1. The van der Waals surface area contributed by atoms with Crippen LogP contribution in [-0.4, -0.2) is 62.5 Å². The van der Waals surface area contributed by atoms with E-state index in [9.17, 15) is 9.59 Å². The van der Waals surface area contributed by atoms with Gasteiger partial charge in [-0.3, -0.25) is 14.0 Å². The molecule has 10 heteroatoms. The lowest BCUT2D eigenvalue weighted by Crippen LogP contribution is -2.40. The standard InChI is InChI=1S/C24H24N6O4/c1-16-5-6-17(14-18(16)26-24(32)19-15-25-20-4-2-3-9-30(19)20)23-27-21(34-28-23)7-8-22(31)29-10-12-33-13-11-29/h2-6,9,14-15H,7-8,10-13H2,1H3,(H,26,32). The van der Waals surface area contributed by atoms with Crippen LogP contribution in [0.2, 0.25) is 0 Å². The van der Waals surface area contributed by atoms with E-state index in [0.717, 1.165) is 5.56 Å². The van der Waals surface area contributed by atoms with Gasteiger partial charge in [-0.25, -0.2) is 4.98 Å². The number of ether oxygens (including phenoxy) is 1. The zero-order valence-corrected chi connectivity index (χ0v) is 18.7. The minimum Gasteiger partial charge on any atom is -0.378 e. The number of benzene rings is 1. The maximum absolute atomic E-state index is 12.9. The highest BCUT2D eigenvalue weighted by molar-refractivity contribution is 6.04. The third kappa shape index (κ3) is 4.53. The molecule has 34 heavy (non-hydrogen) atoms. The number of amides is 2. The molecule has 0 radical (unpaired) electrons. The van der Waals surface area contributed by atoms with Crippen LogP contribution in [0.5, 0.6) is 0 Å². The summed E-state index contributed by atoms with van der Waals surface area (Å²) in [6.45, 7) is 4.27. The van der Waals surface area contributed by atoms with Crippen LogP contribution in [-0.2, 0) is 16.0 Å². The molecule has 0 aliphatic carbocycles. The Bertz CT molecular complexity index is 1340. The number of aromatic nitrogens is 4. The van der Waals surface area contributed by atoms with Crippen LogP contribution < -0.4 is 5.32 Å². The summed E-state index contributed by atoms with van der Waals surface area (Å²) >= 11 is 0. The average molecular weight is 460 g/mol. The fraction of sp³-hybridized carbons (Fsp3) is 0.292. The van der Waals surface area contributed by atoms with Gasteiger partial charge in [0.1, 0.15) is 11.3 Å². The molecule has 0 saturated carbocycles. The molecule has 4 aromatic rings. The second-order valence-electron chi connectivity index (χ2n) is 8.06. The molecule has 0 spiro atoms. The van der Waals surface area contributed by atoms with E-state index >= 15 is 0 Å². The lowest BCUT2D eigenvalue weighted by molar-refractivity contribution is -0.135. The molecule has 1 saturated heterocycles. The van der Waals surface area contributed by atoms with Gasteiger partial charge >= 0.3 is 0 Å². The Morgan fingerprint density at radius 3 is 2.85 bits per heavy atom. The van der Waals surface area contributed by atoms with Crippen molar-refractivity contribution >= 4 is 23.1 Å². The van der Waals surface area contributed by atoms with Crippen molar-refractivity contribution in [3.05, 3.63) is 65.9 Å². The van der Waals surface area contributed by atoms with Crippen LogP contribution in [0, 0.1) is 6.92 Å². The number of imidazole rings is 1. The van der Waals surface area contributed by atoms with Gasteiger partial charge in [0.25, 0.3) is 5.91 Å². The Hall–Kier alpha value is -4.05. The lowest BCUT2D eigenvalue weighted by atomic mass is 10.1. The number of hydrogen-bond acceptors (Lipinski definition) is 7. The summed E-state index contributed by atoms with van der Waals surface area (Å²) in [5.41, 5.74) is 3.37. The van der Waals surface area contributed by atoms with Crippen molar-refractivity contribution in [2.45, 2.75) is 19.8 Å². The van der Waals surface area contributed by atoms with E-state index in [1.165, 1.54) is 0 Å². The number of morpholine rings is 1. The molecular formula is C24H24N6O4. The number of nitrogens with zero attached hydrogens (tertiary/aromatic N) is 5. The summed E-state index contributed by atoms with van der Waals surface area (Å²) in [5.74, 6) is 0.581. The zero-order chi connectivity index (χ0) is 23.5. The van der Waals surface area contributed by atoms with E-state index in [4.69, 9.17) is 9.26 Å². The first-order chi connectivity index (χ1) is 16.6. The molecule has 3 aromatic heterocycles. The van der Waals surface area contributed by atoms with Gasteiger partial charge in [0.2, 0.25) is 17.6 Å². The summed E-state index contributed by atoms with van der Waals surface area (Å²) < 4.78 is 12.4. The number of carbonyl (C=O) groups excluding carboxylic acids is 2. The van der Waals surface area contributed by atoms with E-state index in [-0.39, 0.29) is 11.8 Å². The average Bonchev–Trinajstić information content (AvgIpc) is 3.52. The van der Waals surface area contributed by atoms with Crippen molar-refractivity contribution in [1.29, 1.82) is 0 Å². The number of aryl methyl sites for hydroxylation is 2. The van der Waals surface area contributed by atoms with Crippen molar-refractivity contribution in [2.24, 2.45) is 0 Å². The van der Waals surface area contributed by atoms with Crippen LogP contribution in [0.25, 0.3) is 17.0 Å². The second kappa shape index (κ2) is 9.44. The number of carbonyl (C=O) groups is 2. The highest BCUT2D eigenvalue weighted by Crippen LogP contribution is 2.24. The molecule has 1 fully saturated rings. The Morgan fingerprint density at radius 2 is 2.00 bits per heavy atom. The molecular weight excluding hydrogens is 436 g/mol. The normalized spacial score (nSPS) is 13.9. The zero-order valence-electron chi connectivity index (χ0n) is 18.7. The SMILES string of the molecule is Cc1ccc(-c2noc(CCC(=O)N3CCOCC3)n2)cc1NC(=O)c1cnc2ccccn12. The Morgan fingerprint density at radius 1 is 1.15 bits per heavy atom. The third-order valence-corrected chi connectivity index (χ3v) is 5.78. The highest BCUT2D eigenvalue weighted by Gasteiger charge is 2.19. The molecule has 4 heterocycles. The fourth-order valence-electron chi connectivity index (χ4n) is 3.84. The van der Waals surface area contributed by atoms with Crippen molar-refractivity contribution in [1.82, 2.24) is 24.4 Å². The second-order valence-corrected chi connectivity index (χ2v) is 8.06. The number of hydrogen-bond donors (Lipinski definition) is 1. The third-order valence-electron chi connectivity index (χ3n) is 5.78. The number of pyridine rings is 1. The van der Waals surface area contributed by atoms with Crippen molar-refractivity contribution in [3.63, 3.8) is 0 Å². The van der Waals surface area contributed by atoms with E-state index in [2.05, 4.69) is 20.4 Å². The van der Waals surface area contributed by atoms with E-state index < -0.39 is 0 Å². The van der Waals surface area contributed by atoms with E-state index in [1.807, 2.05) is 43.3 Å². The van der Waals surface area contributed by atoms with Gasteiger partial charge in [0, 0.05) is 43.4 Å². The monoisotopic (exact) mass is 460 g/mol. The minimum absolute atomic E-state index is 0.0516. The molecule has 0 atom stereocenters. The number of rotatable bonds is 6. The lowest BCUT2D eigenvalue weighted by Gasteiger charge is -2.26. The summed E-state index contributed by atoms with van der Waals surface area (Å²) in [6.07, 6.45) is 4.02. The molecule has 174 valence electrons. The van der Waals surface area contributed by atoms with E-state index in [0.29, 0.717) is 73.5 Å². The van der Waals surface area contributed by atoms with Gasteiger partial charge in [0.15, 0.2) is 0 Å². The summed E-state index contributed by atoms with van der Waals surface area (Å²) in [7, 11) is 0. The Kier molecular flexibility index (Phi) is 6.05. The molecule has 1 aliphatic rings. The van der Waals surface area contributed by atoms with E-state index in [1.54, 1.807) is 21.7 Å². The van der Waals surface area contributed by atoms with Gasteiger partial charge < -0.3 is 19.5 Å². The molecule has 1 N–H and O–H groups in total. The minimum atomic E-state index is -0.269. The highest BCUT2D eigenvalue weighted by atomic mass is 16.5. The van der Waals surface area contributed by atoms with Crippen LogP contribution in [0.15, 0.2) is 53.3 Å². The predicted octanol–water partition coefficient (Wildman–Crippen LogP) is 2.74. The van der Waals surface area contributed by atoms with Crippen LogP contribution in [0.3, 0.4) is 0 Å². The van der Waals surface area contributed by atoms with Crippen LogP contribution in [0.1, 0.15) is 28.4 Å². The maximum atomic E-state index is 12.9. The fourth-order valence-corrected chi connectivity index (χ4v) is 3.84. The molecule has 2 amide bonds. The van der Waals surface area contributed by atoms with Gasteiger partial charge in [-0.2, -0.15) is 4.98 Å². The topological polar surface area (TPSA) is 115 Å². The number of anilines is 1. The molecule has 0 unspecified atom stereocenters. The van der Waals surface area contributed by atoms with Crippen LogP contribution >= 0.6 is 0 Å². The first-order valence-electron chi connectivity index (χ1n) is 11.1. The van der Waals surface area contributed by atoms with Crippen molar-refractivity contribution in [3.8, 4) is 11.4 Å². The predicted molar refractivity (Wildman–Crippen MR) is 123 cm³/mol. The smallest absolute Gasteiger partial charge is 0.274 e. The maximum Gasteiger partial charge on any atom is 0.274 e. The molecule has 1 aliphatic heterocycles. The Labute approximate surface area is 195 Å². The quantitative estimate of drug-likeness (QED) is 0.470. The van der Waals surface area contributed by atoms with Gasteiger partial charge in [0.05, 0.1) is 19.4 Å². The van der Waals surface area contributed by atoms with Crippen LogP contribution in [0.4, 0.5) is 5.69 Å². The number of nitrogens with one attached hydrogen (secondary N) is 1. The molecule has 10 nitrogen and oxygen atoms in total. The van der Waals surface area contributed by atoms with Gasteiger partial charge in [-0.15, -0.1) is 0 Å². The van der Waals surface area contributed by atoms with Gasteiger partial charge in [-0.1, -0.05) is 23.4 Å². The summed E-state index contributed by atoms with van der Waals surface area (Å²) in [4.78, 5) is 35.8. The molecule has 0 bridgehead atoms. The summed E-state index contributed by atoms with van der Waals surface area (Å²) in [5, 5.41) is 7.01. The van der Waals surface area contributed by atoms with Crippen molar-refractivity contribution < 1.29 is 18.8 Å². The van der Waals surface area contributed by atoms with Gasteiger partial charge in [-0.05, 0) is 30.7 Å². The van der Waals surface area contributed by atoms with Crippen molar-refractivity contribution in [2.75, 3.05) is 31.6 Å². The largest absolute Gasteiger partial charge is 0.378 e. The first kappa shape index (κ1) is 21.8. The number of fused-ring (bicyclic) bond motifs is 1. The molecule has 1 aromatic carbocycles. The Balaban J connectivity index is 1.28. The molecule has 5 rings (SSSR count).